The van der Waals surface area contributed by atoms with Gasteiger partial charge in [0, 0.05) is 12.5 Å². The maximum Gasteiger partial charge on any atom is 0.309 e. The minimum Gasteiger partial charge on any atom is -0.463 e. The van der Waals surface area contributed by atoms with Crippen molar-refractivity contribution in [3.63, 3.8) is 0 Å². The molecule has 0 bridgehead atoms. The van der Waals surface area contributed by atoms with Crippen LogP contribution in [-0.4, -0.2) is 103 Å². The molecule has 1 saturated heterocycles. The number of nitrogens with one attached hydrogen (secondary N) is 5. The summed E-state index contributed by atoms with van der Waals surface area (Å²) in [6.07, 6.45) is 23.3. The molecule has 5 amide bonds. The second-order valence-electron chi connectivity index (χ2n) is 21.6. The Balaban J connectivity index is 3.73. The molecule has 1 heterocycles. The second kappa shape index (κ2) is 41.3. The van der Waals surface area contributed by atoms with Gasteiger partial charge in [-0.15, -0.1) is 0 Å². The van der Waals surface area contributed by atoms with Crippen molar-refractivity contribution in [1.82, 2.24) is 26.6 Å². The molecular formula is C56H106N8O9. The molecule has 8 atom stereocenters. The number of carbonyl (C=O) groups is 6. The quantitative estimate of drug-likeness (QED) is 0.00958. The number of carbonyl (C=O) groups excluding carboxylic acids is 6. The van der Waals surface area contributed by atoms with Gasteiger partial charge >= 0.3 is 5.97 Å². The van der Waals surface area contributed by atoms with Crippen molar-refractivity contribution in [3.05, 3.63) is 0 Å². The number of ether oxygens (including phenoxy) is 2. The topological polar surface area (TPSA) is 266 Å². The van der Waals surface area contributed by atoms with Crippen molar-refractivity contribution in [2.45, 2.75) is 272 Å². The molecular weight excluding hydrogens is 929 g/mol. The van der Waals surface area contributed by atoms with Crippen LogP contribution in [0, 0.1) is 23.7 Å². The Morgan fingerprint density at radius 1 is 0.507 bits per heavy atom. The Bertz CT molecular complexity index is 1560. The van der Waals surface area contributed by atoms with Gasteiger partial charge in [-0.25, -0.2) is 0 Å². The van der Waals surface area contributed by atoms with E-state index in [-0.39, 0.29) is 55.9 Å². The lowest BCUT2D eigenvalue weighted by Gasteiger charge is -2.29. The molecule has 0 aromatic heterocycles. The number of unbranched alkanes of at least 4 members (excludes halogenated alkanes) is 16. The molecule has 73 heavy (non-hydrogen) atoms. The lowest BCUT2D eigenvalue weighted by atomic mass is 9.93. The fourth-order valence-corrected chi connectivity index (χ4v) is 9.34. The van der Waals surface area contributed by atoms with Crippen LogP contribution < -0.4 is 38.1 Å². The van der Waals surface area contributed by atoms with E-state index in [1.807, 2.05) is 27.7 Å². The van der Waals surface area contributed by atoms with Gasteiger partial charge in [-0.05, 0) is 63.2 Å². The van der Waals surface area contributed by atoms with Gasteiger partial charge < -0.3 is 52.6 Å². The van der Waals surface area contributed by atoms with Crippen molar-refractivity contribution in [2.75, 3.05) is 19.8 Å². The standard InChI is InChI=1S/C56H106N8O9/c1-9-13-17-21-23-27-32-42(30-25-19-15-11-3)54(70)72-38-47-52(68)60-44(34-29-35-59-56(57)58)49(65)61-45(36-40(5)6)50(66)64-48(53(69)62-46(37-41(7)8)51(67)63-47)39-73-55(71)43(31-26-20-16-12-4)33-28-24-22-18-14-10-2/h40-48,55,71H,9-39H2,1-8H3,(H,60,68)(H,61,65)(H,62,69)(H,63,67)(H,64,66)(H4,57,58,59)/t42?,43?,44-,45-,46-,47-,48-,55?/m0/s1. The van der Waals surface area contributed by atoms with Crippen molar-refractivity contribution in [1.29, 1.82) is 0 Å². The minimum absolute atomic E-state index is 0.0473. The summed E-state index contributed by atoms with van der Waals surface area (Å²) in [4.78, 5) is 90.0. The highest BCUT2D eigenvalue weighted by Gasteiger charge is 2.36. The van der Waals surface area contributed by atoms with Crippen molar-refractivity contribution < 1.29 is 43.3 Å². The average Bonchev–Trinajstić information content (AvgIpc) is 3.34. The molecule has 3 unspecified atom stereocenters. The zero-order chi connectivity index (χ0) is 54.4. The fourth-order valence-electron chi connectivity index (χ4n) is 9.34. The number of rotatable bonds is 39. The number of hydrogen-bond donors (Lipinski definition) is 8. The van der Waals surface area contributed by atoms with Gasteiger partial charge in [-0.1, -0.05) is 184 Å². The van der Waals surface area contributed by atoms with E-state index in [4.69, 9.17) is 20.9 Å². The summed E-state index contributed by atoms with van der Waals surface area (Å²) in [7, 11) is 0. The summed E-state index contributed by atoms with van der Waals surface area (Å²) in [6, 6.07) is -6.43. The predicted molar refractivity (Wildman–Crippen MR) is 292 cm³/mol. The number of nitrogens with two attached hydrogens (primary N) is 2. The van der Waals surface area contributed by atoms with Crippen LogP contribution in [-0.2, 0) is 38.2 Å². The van der Waals surface area contributed by atoms with Crippen LogP contribution in [0.3, 0.4) is 0 Å². The van der Waals surface area contributed by atoms with Gasteiger partial charge in [0.2, 0.25) is 29.5 Å². The molecule has 1 aliphatic heterocycles. The lowest BCUT2D eigenvalue weighted by molar-refractivity contribution is -0.153. The SMILES string of the molecule is CCCCCCCCC(CCCCCC)C(=O)OC[C@@H]1NC(=O)[C@H](CC(C)C)NC(=O)[C@H](COC(O)C(CCCCCC)CCCCCCCC)NC(=O)[C@H](CC(C)C)NC(=O)[C@H](CCCN=C(N)N)NC1=O. The van der Waals surface area contributed by atoms with Gasteiger partial charge in [0.1, 0.15) is 36.8 Å². The van der Waals surface area contributed by atoms with E-state index in [0.29, 0.717) is 12.8 Å². The third kappa shape index (κ3) is 31.5. The summed E-state index contributed by atoms with van der Waals surface area (Å²) in [6.45, 7) is 15.4. The number of aliphatic hydroxyl groups excluding tert-OH is 1. The number of esters is 1. The molecule has 0 aromatic carbocycles. The zero-order valence-corrected chi connectivity index (χ0v) is 47.0. The van der Waals surface area contributed by atoms with E-state index in [0.717, 1.165) is 122 Å². The molecule has 1 aliphatic rings. The molecule has 17 heteroatoms. The maximum atomic E-state index is 14.5. The number of nitrogens with zero attached hydrogens (tertiary/aromatic N) is 1. The van der Waals surface area contributed by atoms with E-state index in [1.54, 1.807) is 0 Å². The first-order valence-corrected chi connectivity index (χ1v) is 29.0. The minimum atomic E-state index is -1.46. The predicted octanol–water partition coefficient (Wildman–Crippen LogP) is 8.12. The number of aliphatic hydroxyl groups is 1. The average molecular weight is 1040 g/mol. The highest BCUT2D eigenvalue weighted by atomic mass is 16.6. The lowest BCUT2D eigenvalue weighted by Crippen LogP contribution is -2.59. The first-order chi connectivity index (χ1) is 35.0. The molecule has 0 saturated carbocycles. The van der Waals surface area contributed by atoms with Crippen LogP contribution in [0.1, 0.15) is 235 Å². The third-order valence-electron chi connectivity index (χ3n) is 13.8. The third-order valence-corrected chi connectivity index (χ3v) is 13.8. The van der Waals surface area contributed by atoms with Crippen LogP contribution in [0.4, 0.5) is 0 Å². The van der Waals surface area contributed by atoms with E-state index in [2.05, 4.69) is 59.3 Å². The van der Waals surface area contributed by atoms with E-state index in [9.17, 15) is 33.9 Å². The van der Waals surface area contributed by atoms with Gasteiger partial charge in [-0.3, -0.25) is 33.8 Å². The Morgan fingerprint density at radius 3 is 1.30 bits per heavy atom. The molecule has 17 nitrogen and oxygen atoms in total. The molecule has 0 aliphatic carbocycles. The van der Waals surface area contributed by atoms with Crippen LogP contribution >= 0.6 is 0 Å². The highest BCUT2D eigenvalue weighted by molar-refractivity contribution is 5.98. The number of hydrogen-bond acceptors (Lipinski definition) is 10. The zero-order valence-electron chi connectivity index (χ0n) is 47.0. The van der Waals surface area contributed by atoms with Crippen molar-refractivity contribution in [2.24, 2.45) is 40.1 Å². The van der Waals surface area contributed by atoms with Gasteiger partial charge in [0.05, 0.1) is 12.5 Å². The normalized spacial score (nSPS) is 20.5. The van der Waals surface area contributed by atoms with Crippen LogP contribution in [0.15, 0.2) is 4.99 Å². The Hall–Kier alpha value is -3.99. The molecule has 0 aromatic rings. The molecule has 424 valence electrons. The Morgan fingerprint density at radius 2 is 0.863 bits per heavy atom. The highest BCUT2D eigenvalue weighted by Crippen LogP contribution is 2.24. The summed E-state index contributed by atoms with van der Waals surface area (Å²) in [5.74, 6) is -5.01. The smallest absolute Gasteiger partial charge is 0.309 e. The Kier molecular flexibility index (Phi) is 37.9. The molecule has 1 rings (SSSR count). The largest absolute Gasteiger partial charge is 0.463 e. The Labute approximate surface area is 441 Å². The summed E-state index contributed by atoms with van der Waals surface area (Å²) < 4.78 is 12.1. The van der Waals surface area contributed by atoms with Gasteiger partial charge in [0.15, 0.2) is 12.2 Å². The first kappa shape index (κ1) is 67.0. The van der Waals surface area contributed by atoms with Crippen LogP contribution in [0.5, 0.6) is 0 Å². The first-order valence-electron chi connectivity index (χ1n) is 29.0. The van der Waals surface area contributed by atoms with Crippen LogP contribution in [0.2, 0.25) is 0 Å². The van der Waals surface area contributed by atoms with Gasteiger partial charge in [0.25, 0.3) is 0 Å². The number of amides is 5. The maximum absolute atomic E-state index is 14.5. The van der Waals surface area contributed by atoms with E-state index >= 15 is 0 Å². The molecule has 0 spiro atoms. The molecule has 1 fully saturated rings. The second-order valence-corrected chi connectivity index (χ2v) is 21.6. The monoisotopic (exact) mass is 1030 g/mol. The summed E-state index contributed by atoms with van der Waals surface area (Å²) >= 11 is 0. The van der Waals surface area contributed by atoms with E-state index < -0.39 is 91.1 Å². The van der Waals surface area contributed by atoms with E-state index in [1.165, 1.54) is 19.3 Å². The molecule has 0 radical (unpaired) electrons. The summed E-state index contributed by atoms with van der Waals surface area (Å²) in [5, 5.41) is 25.6. The number of guanidine groups is 1. The molecule has 10 N–H and O–H groups in total. The fraction of sp³-hybridized carbons (Fsp3) is 0.875. The van der Waals surface area contributed by atoms with Crippen molar-refractivity contribution >= 4 is 41.5 Å². The summed E-state index contributed by atoms with van der Waals surface area (Å²) in [5.41, 5.74) is 11.2. The van der Waals surface area contributed by atoms with Crippen molar-refractivity contribution in [3.8, 4) is 0 Å². The van der Waals surface area contributed by atoms with Gasteiger partial charge in [-0.2, -0.15) is 0 Å². The van der Waals surface area contributed by atoms with Crippen LogP contribution in [0.25, 0.3) is 0 Å². The number of aliphatic imine (C=N–C) groups is 1.